The number of unbranched alkanes of at least 4 members (excludes halogenated alkanes) is 1. The number of benzene rings is 3. The second kappa shape index (κ2) is 19.6. The average Bonchev–Trinajstić information content (AvgIpc) is 3.55. The van der Waals surface area contributed by atoms with Crippen LogP contribution in [0.5, 0.6) is 11.5 Å². The van der Waals surface area contributed by atoms with E-state index in [0.717, 1.165) is 28.2 Å². The number of hydrogen-bond acceptors (Lipinski definition) is 7. The molecule has 0 spiro atoms. The van der Waals surface area contributed by atoms with Crippen molar-refractivity contribution in [2.75, 3.05) is 40.5 Å². The lowest BCUT2D eigenvalue weighted by atomic mass is 9.80. The molecule has 4 rings (SSSR count). The summed E-state index contributed by atoms with van der Waals surface area (Å²) in [5.41, 5.74) is 1.75. The molecular formula is C41H52N3O6P. The van der Waals surface area contributed by atoms with Gasteiger partial charge in [-0.3, -0.25) is 4.79 Å². The zero-order valence-electron chi connectivity index (χ0n) is 30.8. The minimum absolute atomic E-state index is 0.0204. The van der Waals surface area contributed by atoms with Gasteiger partial charge in [-0.2, -0.15) is 0 Å². The normalized spacial score (nSPS) is 16.6. The second-order valence-corrected chi connectivity index (χ2v) is 14.5. The Hall–Kier alpha value is -3.95. The van der Waals surface area contributed by atoms with Crippen molar-refractivity contribution in [2.45, 2.75) is 83.2 Å². The fourth-order valence-electron chi connectivity index (χ4n) is 6.61. The molecule has 0 aliphatic carbocycles. The molecule has 0 aromatic heterocycles. The van der Waals surface area contributed by atoms with Crippen LogP contribution in [0.25, 0.3) is 4.85 Å². The van der Waals surface area contributed by atoms with Crippen LogP contribution >= 0.6 is 8.53 Å². The summed E-state index contributed by atoms with van der Waals surface area (Å²) in [4.78, 5) is 19.2. The van der Waals surface area contributed by atoms with Gasteiger partial charge in [-0.25, -0.2) is 11.2 Å². The van der Waals surface area contributed by atoms with Crippen LogP contribution in [-0.2, 0) is 24.2 Å². The van der Waals surface area contributed by atoms with Crippen molar-refractivity contribution >= 4 is 14.4 Å². The summed E-state index contributed by atoms with van der Waals surface area (Å²) in [6.45, 7) is 16.9. The Morgan fingerprint density at radius 2 is 1.53 bits per heavy atom. The number of nitrogens with zero attached hydrogens (tertiary/aromatic N) is 3. The predicted octanol–water partition coefficient (Wildman–Crippen LogP) is 8.08. The second-order valence-electron chi connectivity index (χ2n) is 13.1. The largest absolute Gasteiger partial charge is 0.497 e. The molecule has 0 bridgehead atoms. The van der Waals surface area contributed by atoms with E-state index in [1.807, 2.05) is 71.6 Å². The van der Waals surface area contributed by atoms with Crippen molar-refractivity contribution in [1.29, 1.82) is 0 Å². The summed E-state index contributed by atoms with van der Waals surface area (Å²) in [7, 11) is 1.81. The molecule has 1 saturated heterocycles. The third-order valence-electron chi connectivity index (χ3n) is 8.96. The number of hydrogen-bond donors (Lipinski definition) is 0. The van der Waals surface area contributed by atoms with Crippen LogP contribution in [-0.4, -0.2) is 80.2 Å². The molecule has 9 nitrogen and oxygen atoms in total. The fraction of sp³-hybridized carbons (Fsp3) is 0.463. The standard InChI is InChI=1S/C41H52N3O6P/c1-9-10-12-17-40(45)43-29-39(50-51(49-27-26-42-6)44(31(2)3)32(4)5)28-36(43)30-48-41(33-15-13-11-14-16-33,34-18-22-37(46-7)23-19-34)35-20-24-38(47-8)25-21-35/h1,11,13-16,18-25,31-32,36,39H,10,12,17,26-30H2,2-5,7-8H3/t36-,39+,51?/m0/s1. The Morgan fingerprint density at radius 1 is 0.961 bits per heavy atom. The lowest BCUT2D eigenvalue weighted by Gasteiger charge is -2.38. The van der Waals surface area contributed by atoms with Gasteiger partial charge in [0.1, 0.15) is 23.7 Å². The first kappa shape index (κ1) is 39.8. The van der Waals surface area contributed by atoms with Crippen LogP contribution < -0.4 is 9.47 Å². The van der Waals surface area contributed by atoms with Crippen LogP contribution in [0.1, 0.15) is 70.1 Å². The first-order chi connectivity index (χ1) is 24.7. The van der Waals surface area contributed by atoms with E-state index in [2.05, 4.69) is 55.3 Å². The highest BCUT2D eigenvalue weighted by Crippen LogP contribution is 2.49. The monoisotopic (exact) mass is 713 g/mol. The Labute approximate surface area is 306 Å². The Kier molecular flexibility index (Phi) is 15.3. The number of terminal acetylenes is 1. The highest BCUT2D eigenvalue weighted by molar-refractivity contribution is 7.44. The molecule has 1 aliphatic rings. The molecule has 0 radical (unpaired) electrons. The van der Waals surface area contributed by atoms with Gasteiger partial charge in [0.15, 0.2) is 0 Å². The molecular weight excluding hydrogens is 661 g/mol. The Balaban J connectivity index is 1.73. The Morgan fingerprint density at radius 3 is 2.04 bits per heavy atom. The highest BCUT2D eigenvalue weighted by Gasteiger charge is 2.43. The molecule has 1 heterocycles. The highest BCUT2D eigenvalue weighted by atomic mass is 31.2. The molecule has 3 aromatic rings. The number of carbonyl (C=O) groups is 1. The fourth-order valence-corrected chi connectivity index (χ4v) is 8.31. The molecule has 0 N–H and O–H groups in total. The molecule has 1 aliphatic heterocycles. The van der Waals surface area contributed by atoms with E-state index in [9.17, 15) is 4.79 Å². The van der Waals surface area contributed by atoms with Gasteiger partial charge in [0.25, 0.3) is 8.53 Å². The van der Waals surface area contributed by atoms with Gasteiger partial charge in [0.2, 0.25) is 12.5 Å². The quantitative estimate of drug-likeness (QED) is 0.0409. The predicted molar refractivity (Wildman–Crippen MR) is 202 cm³/mol. The summed E-state index contributed by atoms with van der Waals surface area (Å²) in [6.07, 6.45) is 7.29. The van der Waals surface area contributed by atoms with E-state index >= 15 is 0 Å². The third kappa shape index (κ3) is 10.1. The van der Waals surface area contributed by atoms with Crippen molar-refractivity contribution in [3.8, 4) is 23.8 Å². The first-order valence-electron chi connectivity index (χ1n) is 17.6. The third-order valence-corrected chi connectivity index (χ3v) is 11.1. The molecule has 272 valence electrons. The summed E-state index contributed by atoms with van der Waals surface area (Å²) < 4.78 is 33.5. The number of methoxy groups -OCH3 is 2. The summed E-state index contributed by atoms with van der Waals surface area (Å²) >= 11 is 0. The van der Waals surface area contributed by atoms with E-state index in [1.54, 1.807) is 14.2 Å². The molecule has 3 aromatic carbocycles. The van der Waals surface area contributed by atoms with Crippen LogP contribution in [0.4, 0.5) is 0 Å². The van der Waals surface area contributed by atoms with Crippen molar-refractivity contribution in [1.82, 2.24) is 9.57 Å². The van der Waals surface area contributed by atoms with Crippen molar-refractivity contribution in [3.63, 3.8) is 0 Å². The maximum atomic E-state index is 13.8. The van der Waals surface area contributed by atoms with Gasteiger partial charge in [-0.15, -0.1) is 12.3 Å². The lowest BCUT2D eigenvalue weighted by Crippen LogP contribution is -2.42. The number of rotatable bonds is 19. The van der Waals surface area contributed by atoms with Crippen molar-refractivity contribution in [2.24, 2.45) is 0 Å². The van der Waals surface area contributed by atoms with Crippen molar-refractivity contribution in [3.05, 3.63) is 107 Å². The van der Waals surface area contributed by atoms with Gasteiger partial charge in [0, 0.05) is 31.5 Å². The smallest absolute Gasteiger partial charge is 0.259 e. The van der Waals surface area contributed by atoms with Gasteiger partial charge >= 0.3 is 0 Å². The Bertz CT molecular complexity index is 1530. The summed E-state index contributed by atoms with van der Waals surface area (Å²) in [6, 6.07) is 26.0. The number of likely N-dealkylation sites (tertiary alicyclic amines) is 1. The molecule has 10 heteroatoms. The number of carbonyl (C=O) groups excluding carboxylic acids is 1. The summed E-state index contributed by atoms with van der Waals surface area (Å²) in [5.74, 6) is 4.15. The molecule has 1 fully saturated rings. The molecule has 3 atom stereocenters. The maximum absolute atomic E-state index is 13.8. The van der Waals surface area contributed by atoms with Crippen LogP contribution in [0, 0.1) is 18.9 Å². The molecule has 1 amide bonds. The van der Waals surface area contributed by atoms with E-state index in [0.29, 0.717) is 32.2 Å². The van der Waals surface area contributed by atoms with Crippen LogP contribution in [0.3, 0.4) is 0 Å². The SMILES string of the molecule is [C-]#[N+]CCOP(O[C@@H]1C[C@@H](COC(c2ccccc2)(c2ccc(OC)cc2)c2ccc(OC)cc2)N(C(=O)CCCC#C)C1)N(C(C)C)C(C)C. The molecule has 1 unspecified atom stereocenters. The lowest BCUT2D eigenvalue weighted by molar-refractivity contribution is -0.134. The van der Waals surface area contributed by atoms with E-state index < -0.39 is 14.1 Å². The molecule has 0 saturated carbocycles. The minimum Gasteiger partial charge on any atom is -0.497 e. The van der Waals surface area contributed by atoms with Crippen LogP contribution in [0.2, 0.25) is 0 Å². The van der Waals surface area contributed by atoms with Crippen molar-refractivity contribution < 1.29 is 28.1 Å². The van der Waals surface area contributed by atoms with Gasteiger partial charge < -0.3 is 33.0 Å². The number of ether oxygens (including phenoxy) is 3. The van der Waals surface area contributed by atoms with Gasteiger partial charge in [-0.05, 0) is 81.5 Å². The number of amides is 1. The van der Waals surface area contributed by atoms with E-state index in [-0.39, 0.29) is 49.9 Å². The van der Waals surface area contributed by atoms with E-state index in [1.165, 1.54) is 0 Å². The van der Waals surface area contributed by atoms with Gasteiger partial charge in [0.05, 0.1) is 33.0 Å². The maximum Gasteiger partial charge on any atom is 0.259 e. The average molecular weight is 714 g/mol. The minimum atomic E-state index is -1.49. The topological polar surface area (TPSA) is 74.1 Å². The van der Waals surface area contributed by atoms with E-state index in [4.69, 9.17) is 36.3 Å². The van der Waals surface area contributed by atoms with Crippen LogP contribution in [0.15, 0.2) is 78.9 Å². The zero-order valence-corrected chi connectivity index (χ0v) is 31.7. The zero-order chi connectivity index (χ0) is 36.8. The molecule has 51 heavy (non-hydrogen) atoms. The summed E-state index contributed by atoms with van der Waals surface area (Å²) in [5, 5.41) is 0. The first-order valence-corrected chi connectivity index (χ1v) is 18.7. The van der Waals surface area contributed by atoms with Gasteiger partial charge in [-0.1, -0.05) is 54.6 Å².